The zero-order chi connectivity index (χ0) is 22.1. The van der Waals surface area contributed by atoms with Crippen LogP contribution in [0.5, 0.6) is 0 Å². The number of anilines is 2. The van der Waals surface area contributed by atoms with Crippen molar-refractivity contribution in [3.63, 3.8) is 0 Å². The van der Waals surface area contributed by atoms with Gasteiger partial charge in [-0.25, -0.2) is 14.2 Å². The molecule has 3 heterocycles. The third-order valence-corrected chi connectivity index (χ3v) is 5.13. The van der Waals surface area contributed by atoms with Gasteiger partial charge in [0, 0.05) is 36.6 Å². The van der Waals surface area contributed by atoms with Crippen LogP contribution in [0.2, 0.25) is 0 Å². The molecule has 1 aromatic carbocycles. The summed E-state index contributed by atoms with van der Waals surface area (Å²) in [5.74, 6) is -1.17. The summed E-state index contributed by atoms with van der Waals surface area (Å²) in [6.07, 6.45) is 1.26. The highest BCUT2D eigenvalue weighted by Crippen LogP contribution is 2.25. The van der Waals surface area contributed by atoms with E-state index >= 15 is 0 Å². The van der Waals surface area contributed by atoms with Gasteiger partial charge in [-0.3, -0.25) is 9.20 Å². The van der Waals surface area contributed by atoms with Crippen LogP contribution >= 0.6 is 0 Å². The quantitative estimate of drug-likeness (QED) is 0.599. The van der Waals surface area contributed by atoms with Crippen LogP contribution < -0.4 is 21.2 Å². The van der Waals surface area contributed by atoms with Gasteiger partial charge in [0.2, 0.25) is 0 Å². The second-order valence-corrected chi connectivity index (χ2v) is 7.37. The molecule has 0 spiro atoms. The van der Waals surface area contributed by atoms with Crippen LogP contribution in [0.3, 0.4) is 0 Å². The third-order valence-electron chi connectivity index (χ3n) is 5.13. The van der Waals surface area contributed by atoms with Gasteiger partial charge in [-0.2, -0.15) is 0 Å². The van der Waals surface area contributed by atoms with Crippen molar-refractivity contribution in [2.75, 3.05) is 36.5 Å². The molecular formula is C21H20BFN4O4. The van der Waals surface area contributed by atoms with Crippen molar-refractivity contribution < 1.29 is 19.0 Å². The third kappa shape index (κ3) is 4.39. The number of hydrogen-bond donors (Lipinski definition) is 2. The number of nitrogens with zero attached hydrogens (tertiary/aromatic N) is 3. The van der Waals surface area contributed by atoms with Crippen molar-refractivity contribution in [1.29, 1.82) is 0 Å². The zero-order valence-corrected chi connectivity index (χ0v) is 16.8. The minimum absolute atomic E-state index is 0.0575. The van der Waals surface area contributed by atoms with E-state index in [1.54, 1.807) is 13.0 Å². The van der Waals surface area contributed by atoms with E-state index in [0.29, 0.717) is 49.0 Å². The number of hydrogen-bond acceptors (Lipinski definition) is 6. The van der Waals surface area contributed by atoms with Crippen molar-refractivity contribution in [1.82, 2.24) is 9.38 Å². The second kappa shape index (κ2) is 8.39. The monoisotopic (exact) mass is 422 g/mol. The van der Waals surface area contributed by atoms with E-state index < -0.39 is 23.4 Å². The van der Waals surface area contributed by atoms with Crippen molar-refractivity contribution in [3.8, 4) is 0 Å². The number of aromatic carboxylic acids is 1. The summed E-state index contributed by atoms with van der Waals surface area (Å²) < 4.78 is 20.3. The molecule has 8 nitrogen and oxygen atoms in total. The lowest BCUT2D eigenvalue weighted by Crippen LogP contribution is -2.37. The molecule has 0 amide bonds. The molecule has 2 N–H and O–H groups in total. The molecule has 31 heavy (non-hydrogen) atoms. The SMILES string of the molecule is [B]c1cc(F)cc(NC(C)c2cc(C(=O)O)cn3c(=O)cc(N4CCOCC4)nc23)c1. The Hall–Kier alpha value is -3.40. The highest BCUT2D eigenvalue weighted by Gasteiger charge is 2.20. The Morgan fingerprint density at radius 2 is 2.00 bits per heavy atom. The van der Waals surface area contributed by atoms with Crippen LogP contribution in [0.4, 0.5) is 15.9 Å². The Balaban J connectivity index is 1.83. The molecule has 1 unspecified atom stereocenters. The van der Waals surface area contributed by atoms with Gasteiger partial charge in [0.1, 0.15) is 25.1 Å². The van der Waals surface area contributed by atoms with E-state index in [1.165, 1.54) is 34.9 Å². The second-order valence-electron chi connectivity index (χ2n) is 7.37. The van der Waals surface area contributed by atoms with Gasteiger partial charge in [0.25, 0.3) is 5.56 Å². The molecule has 1 saturated heterocycles. The Labute approximate surface area is 178 Å². The molecule has 0 aliphatic carbocycles. The predicted molar refractivity (Wildman–Crippen MR) is 115 cm³/mol. The first-order valence-electron chi connectivity index (χ1n) is 9.78. The van der Waals surface area contributed by atoms with Crippen LogP contribution in [-0.2, 0) is 4.74 Å². The summed E-state index contributed by atoms with van der Waals surface area (Å²) in [7, 11) is 5.72. The average Bonchev–Trinajstić information content (AvgIpc) is 2.72. The maximum Gasteiger partial charge on any atom is 0.337 e. The Morgan fingerprint density at radius 1 is 1.26 bits per heavy atom. The molecule has 4 rings (SSSR count). The molecule has 1 atom stereocenters. The number of carboxylic acid groups (broad SMARTS) is 1. The minimum Gasteiger partial charge on any atom is -0.478 e. The molecular weight excluding hydrogens is 402 g/mol. The molecule has 2 aromatic heterocycles. The van der Waals surface area contributed by atoms with Crippen LogP contribution in [0.25, 0.3) is 5.65 Å². The number of carbonyl (C=O) groups is 1. The first-order chi connectivity index (χ1) is 14.8. The van der Waals surface area contributed by atoms with Gasteiger partial charge in [0.05, 0.1) is 24.8 Å². The number of ether oxygens (including phenoxy) is 1. The number of pyridine rings is 1. The minimum atomic E-state index is -1.17. The van der Waals surface area contributed by atoms with E-state index in [9.17, 15) is 19.1 Å². The fourth-order valence-electron chi connectivity index (χ4n) is 3.63. The number of nitrogens with one attached hydrogen (secondary N) is 1. The van der Waals surface area contributed by atoms with Gasteiger partial charge >= 0.3 is 5.97 Å². The summed E-state index contributed by atoms with van der Waals surface area (Å²) in [5, 5.41) is 12.6. The zero-order valence-electron chi connectivity index (χ0n) is 16.8. The highest BCUT2D eigenvalue weighted by atomic mass is 19.1. The lowest BCUT2D eigenvalue weighted by Gasteiger charge is -2.28. The smallest absolute Gasteiger partial charge is 0.337 e. The number of carboxylic acids is 1. The fourth-order valence-corrected chi connectivity index (χ4v) is 3.63. The number of benzene rings is 1. The molecule has 0 saturated carbocycles. The largest absolute Gasteiger partial charge is 0.478 e. The molecule has 1 aliphatic rings. The number of halogens is 1. The van der Waals surface area contributed by atoms with Gasteiger partial charge in [0.15, 0.2) is 0 Å². The van der Waals surface area contributed by atoms with Crippen molar-refractivity contribution in [2.45, 2.75) is 13.0 Å². The predicted octanol–water partition coefficient (Wildman–Crippen LogP) is 1.34. The number of morpholine rings is 1. The summed E-state index contributed by atoms with van der Waals surface area (Å²) in [6, 6.07) is 6.41. The summed E-state index contributed by atoms with van der Waals surface area (Å²) in [6.45, 7) is 4.04. The molecule has 158 valence electrons. The average molecular weight is 422 g/mol. The highest BCUT2D eigenvalue weighted by molar-refractivity contribution is 6.32. The summed E-state index contributed by atoms with van der Waals surface area (Å²) in [4.78, 5) is 31.1. The van der Waals surface area contributed by atoms with Crippen LogP contribution in [0.15, 0.2) is 41.3 Å². The number of aromatic nitrogens is 2. The van der Waals surface area contributed by atoms with E-state index in [4.69, 9.17) is 12.6 Å². The van der Waals surface area contributed by atoms with E-state index in [2.05, 4.69) is 10.3 Å². The number of rotatable bonds is 5. The van der Waals surface area contributed by atoms with Gasteiger partial charge < -0.3 is 20.1 Å². The molecule has 2 radical (unpaired) electrons. The summed E-state index contributed by atoms with van der Waals surface area (Å²) in [5.41, 5.74) is 1.03. The van der Waals surface area contributed by atoms with Gasteiger partial charge in [-0.15, -0.1) is 0 Å². The van der Waals surface area contributed by atoms with Gasteiger partial charge in [-0.1, -0.05) is 5.46 Å². The maximum atomic E-state index is 13.7. The fraction of sp³-hybridized carbons (Fsp3) is 0.286. The van der Waals surface area contributed by atoms with E-state index in [0.717, 1.165) is 0 Å². The Kier molecular flexibility index (Phi) is 5.64. The Bertz CT molecular complexity index is 1190. The van der Waals surface area contributed by atoms with Crippen LogP contribution in [0, 0.1) is 5.82 Å². The lowest BCUT2D eigenvalue weighted by molar-refractivity contribution is 0.0696. The molecule has 0 bridgehead atoms. The van der Waals surface area contributed by atoms with E-state index in [1.807, 2.05) is 4.90 Å². The molecule has 1 fully saturated rings. The topological polar surface area (TPSA) is 96.2 Å². The van der Waals surface area contributed by atoms with Gasteiger partial charge in [-0.05, 0) is 31.2 Å². The maximum absolute atomic E-state index is 13.7. The Morgan fingerprint density at radius 3 is 2.68 bits per heavy atom. The molecule has 10 heteroatoms. The van der Waals surface area contributed by atoms with Crippen molar-refractivity contribution in [2.24, 2.45) is 0 Å². The number of fused-ring (bicyclic) bond motifs is 1. The van der Waals surface area contributed by atoms with Crippen molar-refractivity contribution >= 4 is 36.4 Å². The van der Waals surface area contributed by atoms with E-state index in [-0.39, 0.29) is 11.0 Å². The van der Waals surface area contributed by atoms with Crippen LogP contribution in [0.1, 0.15) is 28.9 Å². The molecule has 3 aromatic rings. The first-order valence-corrected chi connectivity index (χ1v) is 9.78. The normalized spacial score (nSPS) is 15.1. The summed E-state index contributed by atoms with van der Waals surface area (Å²) >= 11 is 0. The lowest BCUT2D eigenvalue weighted by atomic mass is 9.95. The molecule has 1 aliphatic heterocycles. The van der Waals surface area contributed by atoms with Crippen LogP contribution in [-0.4, -0.2) is 54.6 Å². The first kappa shape index (κ1) is 20.9. The van der Waals surface area contributed by atoms with Crippen molar-refractivity contribution in [3.05, 3.63) is 63.8 Å². The standard InChI is InChI=1S/C21H20BFN4O4/c1-12(24-16-8-14(22)7-15(23)9-16)17-6-13(21(29)30)11-27-19(28)10-18(25-20(17)27)26-2-4-31-5-3-26/h6-12,24H,2-5H2,1H3,(H,29,30).